The Balaban J connectivity index is 1.29. The lowest BCUT2D eigenvalue weighted by molar-refractivity contribution is -0.117. The minimum atomic E-state index is -0.0445. The fourth-order valence-electron chi connectivity index (χ4n) is 3.55. The van der Waals surface area contributed by atoms with E-state index in [0.29, 0.717) is 35.6 Å². The molecule has 2 heterocycles. The molecule has 0 spiro atoms. The van der Waals surface area contributed by atoms with E-state index in [1.807, 2.05) is 0 Å². The number of rotatable bonds is 7. The molecule has 1 aromatic carbocycles. The topological polar surface area (TPSA) is 76.6 Å². The molecule has 1 amide bonds. The van der Waals surface area contributed by atoms with E-state index in [-0.39, 0.29) is 5.91 Å². The van der Waals surface area contributed by atoms with Crippen LogP contribution in [-0.4, -0.2) is 54.9 Å². The van der Waals surface area contributed by atoms with Gasteiger partial charge in [-0.2, -0.15) is 0 Å². The summed E-state index contributed by atoms with van der Waals surface area (Å²) in [6, 6.07) is 5.37. The third-order valence-corrected chi connectivity index (χ3v) is 6.62. The van der Waals surface area contributed by atoms with Gasteiger partial charge in [-0.1, -0.05) is 0 Å². The van der Waals surface area contributed by atoms with E-state index in [9.17, 15) is 4.79 Å². The predicted octanol–water partition coefficient (Wildman–Crippen LogP) is 3.25. The normalized spacial score (nSPS) is 18.1. The molecule has 2 fully saturated rings. The number of ether oxygens (including phenoxy) is 2. The van der Waals surface area contributed by atoms with Crippen LogP contribution in [0.4, 0.5) is 5.69 Å². The Bertz CT molecular complexity index is 829. The molecule has 1 aliphatic heterocycles. The average molecular weight is 403 g/mol. The van der Waals surface area contributed by atoms with Crippen molar-refractivity contribution >= 4 is 22.9 Å². The van der Waals surface area contributed by atoms with E-state index in [2.05, 4.69) is 20.4 Å². The number of aromatic nitrogens is 2. The van der Waals surface area contributed by atoms with Crippen LogP contribution in [0, 0.1) is 0 Å². The van der Waals surface area contributed by atoms with Crippen LogP contribution >= 0.6 is 11.3 Å². The lowest BCUT2D eigenvalue weighted by atomic mass is 9.98. The van der Waals surface area contributed by atoms with Gasteiger partial charge in [-0.3, -0.25) is 9.69 Å². The van der Waals surface area contributed by atoms with Gasteiger partial charge in [0.25, 0.3) is 0 Å². The first-order chi connectivity index (χ1) is 13.7. The Kier molecular flexibility index (Phi) is 5.77. The minimum Gasteiger partial charge on any atom is -0.497 e. The second-order valence-electron chi connectivity index (χ2n) is 7.42. The molecule has 0 radical (unpaired) electrons. The zero-order valence-corrected chi connectivity index (χ0v) is 17.1. The van der Waals surface area contributed by atoms with Crippen LogP contribution in [0.3, 0.4) is 0 Å². The molecule has 150 valence electrons. The highest BCUT2D eigenvalue weighted by Gasteiger charge is 2.30. The van der Waals surface area contributed by atoms with Crippen molar-refractivity contribution in [2.24, 2.45) is 0 Å². The first kappa shape index (κ1) is 19.1. The summed E-state index contributed by atoms with van der Waals surface area (Å²) in [5.41, 5.74) is 0.628. The number of amides is 1. The molecule has 1 saturated carbocycles. The molecule has 2 aliphatic rings. The second kappa shape index (κ2) is 8.45. The summed E-state index contributed by atoms with van der Waals surface area (Å²) in [5.74, 6) is 2.40. The summed E-state index contributed by atoms with van der Waals surface area (Å²) in [6.45, 7) is 2.16. The average Bonchev–Trinajstić information content (AvgIpc) is 3.45. The number of likely N-dealkylation sites (tertiary alicyclic amines) is 1. The highest BCUT2D eigenvalue weighted by atomic mass is 32.1. The molecule has 28 heavy (non-hydrogen) atoms. The van der Waals surface area contributed by atoms with Crippen molar-refractivity contribution in [2.75, 3.05) is 39.2 Å². The number of methoxy groups -OCH3 is 2. The summed E-state index contributed by atoms with van der Waals surface area (Å²) in [7, 11) is 3.19. The molecule has 0 bridgehead atoms. The minimum absolute atomic E-state index is 0.0445. The lowest BCUT2D eigenvalue weighted by Gasteiger charge is -2.30. The van der Waals surface area contributed by atoms with Gasteiger partial charge < -0.3 is 14.8 Å². The SMILES string of the molecule is COc1ccc(OC)c(NC(=O)CN2CCC(c3nnc(C4CC4)s3)CC2)c1. The monoisotopic (exact) mass is 402 g/mol. The molecule has 4 rings (SSSR count). The van der Waals surface area contributed by atoms with Crippen molar-refractivity contribution in [3.8, 4) is 11.5 Å². The van der Waals surface area contributed by atoms with Crippen LogP contribution in [0.25, 0.3) is 0 Å². The maximum atomic E-state index is 12.5. The molecule has 1 aromatic heterocycles. The van der Waals surface area contributed by atoms with Crippen molar-refractivity contribution in [2.45, 2.75) is 37.5 Å². The molecule has 1 N–H and O–H groups in total. The van der Waals surface area contributed by atoms with Gasteiger partial charge in [0.1, 0.15) is 21.5 Å². The summed E-state index contributed by atoms with van der Waals surface area (Å²) in [6.07, 6.45) is 4.57. The summed E-state index contributed by atoms with van der Waals surface area (Å²) in [5, 5.41) is 14.1. The Morgan fingerprint density at radius 1 is 1.11 bits per heavy atom. The van der Waals surface area contributed by atoms with Crippen molar-refractivity contribution in [1.82, 2.24) is 15.1 Å². The van der Waals surface area contributed by atoms with Gasteiger partial charge in [-0.25, -0.2) is 0 Å². The van der Waals surface area contributed by atoms with E-state index in [1.165, 1.54) is 22.9 Å². The molecule has 1 aliphatic carbocycles. The third kappa shape index (κ3) is 4.44. The van der Waals surface area contributed by atoms with E-state index in [1.54, 1.807) is 43.8 Å². The molecule has 7 nitrogen and oxygen atoms in total. The lowest BCUT2D eigenvalue weighted by Crippen LogP contribution is -2.38. The number of nitrogens with one attached hydrogen (secondary N) is 1. The Morgan fingerprint density at radius 2 is 1.79 bits per heavy atom. The van der Waals surface area contributed by atoms with Crippen LogP contribution in [0.5, 0.6) is 11.5 Å². The number of benzene rings is 1. The molecular weight excluding hydrogens is 376 g/mol. The number of carbonyl (C=O) groups is 1. The standard InChI is InChI=1S/C20H26N4O3S/c1-26-15-5-6-17(27-2)16(11-15)21-18(25)12-24-9-7-14(8-10-24)20-23-22-19(28-20)13-3-4-13/h5-6,11,13-14H,3-4,7-10,12H2,1-2H3,(H,21,25). The Hall–Kier alpha value is -2.19. The van der Waals surface area contributed by atoms with Crippen LogP contribution in [0.2, 0.25) is 0 Å². The van der Waals surface area contributed by atoms with Crippen molar-refractivity contribution in [1.29, 1.82) is 0 Å². The highest BCUT2D eigenvalue weighted by Crippen LogP contribution is 2.43. The zero-order chi connectivity index (χ0) is 19.5. The van der Waals surface area contributed by atoms with E-state index < -0.39 is 0 Å². The third-order valence-electron chi connectivity index (χ3n) is 5.37. The van der Waals surface area contributed by atoms with Crippen molar-refractivity contribution in [3.63, 3.8) is 0 Å². The smallest absolute Gasteiger partial charge is 0.238 e. The predicted molar refractivity (Wildman–Crippen MR) is 108 cm³/mol. The molecule has 0 unspecified atom stereocenters. The van der Waals surface area contributed by atoms with Crippen molar-refractivity contribution < 1.29 is 14.3 Å². The van der Waals surface area contributed by atoms with Crippen molar-refractivity contribution in [3.05, 3.63) is 28.2 Å². The first-order valence-corrected chi connectivity index (χ1v) is 10.6. The molecule has 8 heteroatoms. The van der Waals surface area contributed by atoms with Gasteiger partial charge in [0.2, 0.25) is 5.91 Å². The maximum Gasteiger partial charge on any atom is 0.238 e. The highest BCUT2D eigenvalue weighted by molar-refractivity contribution is 7.11. The fourth-order valence-corrected chi connectivity index (χ4v) is 4.73. The second-order valence-corrected chi connectivity index (χ2v) is 8.46. The number of nitrogens with zero attached hydrogens (tertiary/aromatic N) is 3. The number of anilines is 1. The largest absolute Gasteiger partial charge is 0.497 e. The van der Waals surface area contributed by atoms with Gasteiger partial charge >= 0.3 is 0 Å². The number of hydrogen-bond donors (Lipinski definition) is 1. The maximum absolute atomic E-state index is 12.5. The van der Waals surface area contributed by atoms with Gasteiger partial charge in [0.05, 0.1) is 26.5 Å². The summed E-state index contributed by atoms with van der Waals surface area (Å²) < 4.78 is 10.6. The van der Waals surface area contributed by atoms with Crippen LogP contribution < -0.4 is 14.8 Å². The van der Waals surface area contributed by atoms with Gasteiger partial charge in [-0.15, -0.1) is 21.5 Å². The summed E-state index contributed by atoms with van der Waals surface area (Å²) >= 11 is 1.79. The Labute approximate surface area is 169 Å². The molecule has 1 saturated heterocycles. The van der Waals surface area contributed by atoms with Crippen LogP contribution in [0.15, 0.2) is 18.2 Å². The quantitative estimate of drug-likeness (QED) is 0.766. The van der Waals surface area contributed by atoms with Crippen LogP contribution in [0.1, 0.15) is 47.5 Å². The molecule has 2 aromatic rings. The number of hydrogen-bond acceptors (Lipinski definition) is 7. The summed E-state index contributed by atoms with van der Waals surface area (Å²) in [4.78, 5) is 14.7. The van der Waals surface area contributed by atoms with Gasteiger partial charge in [0, 0.05) is 17.9 Å². The fraction of sp³-hybridized carbons (Fsp3) is 0.550. The molecule has 0 atom stereocenters. The number of carbonyl (C=O) groups excluding carboxylic acids is 1. The van der Waals surface area contributed by atoms with E-state index in [4.69, 9.17) is 9.47 Å². The van der Waals surface area contributed by atoms with E-state index >= 15 is 0 Å². The number of piperidine rings is 1. The zero-order valence-electron chi connectivity index (χ0n) is 16.3. The van der Waals surface area contributed by atoms with Gasteiger partial charge in [0.15, 0.2) is 0 Å². The van der Waals surface area contributed by atoms with E-state index in [0.717, 1.165) is 25.9 Å². The first-order valence-electron chi connectivity index (χ1n) is 9.73. The molecular formula is C20H26N4O3S. The van der Waals surface area contributed by atoms with Crippen LogP contribution in [-0.2, 0) is 4.79 Å². The Morgan fingerprint density at radius 3 is 2.39 bits per heavy atom. The van der Waals surface area contributed by atoms with Gasteiger partial charge in [-0.05, 0) is 50.9 Å².